The molecule has 0 spiro atoms. The number of benzene rings is 2. The Morgan fingerprint density at radius 2 is 1.62 bits per heavy atom. The van der Waals surface area contributed by atoms with Crippen LogP contribution in [0, 0.1) is 13.8 Å². The molecule has 0 saturated heterocycles. The summed E-state index contributed by atoms with van der Waals surface area (Å²) in [7, 11) is -3.32. The standard InChI is InChI=1S/C22H23ClN2O3S/c1-13-5-7-17(8-6-13)22(26)21-15(3)19(23)20(24-21)14(2)16-9-11-18(12-10-16)25-29(4,27)28/h5-12,14,24-25H,1-4H3. The number of anilines is 1. The number of halogens is 1. The van der Waals surface area contributed by atoms with Gasteiger partial charge in [0.05, 0.1) is 17.0 Å². The Bertz CT molecular complexity index is 1150. The smallest absolute Gasteiger partial charge is 0.229 e. The minimum absolute atomic E-state index is 0.101. The minimum Gasteiger partial charge on any atom is -0.354 e. The first-order valence-corrected chi connectivity index (χ1v) is 11.4. The first kappa shape index (κ1) is 21.1. The third-order valence-electron chi connectivity index (χ3n) is 4.89. The molecule has 1 aromatic heterocycles. The molecular weight excluding hydrogens is 408 g/mol. The van der Waals surface area contributed by atoms with E-state index in [1.807, 2.05) is 57.2 Å². The van der Waals surface area contributed by atoms with Gasteiger partial charge in [0.1, 0.15) is 0 Å². The molecule has 2 aromatic carbocycles. The van der Waals surface area contributed by atoms with Gasteiger partial charge in [-0.2, -0.15) is 0 Å². The lowest BCUT2D eigenvalue weighted by Crippen LogP contribution is -2.09. The van der Waals surface area contributed by atoms with Gasteiger partial charge in [0.25, 0.3) is 0 Å². The molecule has 0 amide bonds. The van der Waals surface area contributed by atoms with E-state index in [1.54, 1.807) is 12.1 Å². The van der Waals surface area contributed by atoms with Crippen molar-refractivity contribution >= 4 is 33.1 Å². The van der Waals surface area contributed by atoms with Crippen LogP contribution in [0.3, 0.4) is 0 Å². The summed E-state index contributed by atoms with van der Waals surface area (Å²) in [6, 6.07) is 14.5. The minimum atomic E-state index is -3.32. The lowest BCUT2D eigenvalue weighted by Gasteiger charge is -2.12. The molecule has 29 heavy (non-hydrogen) atoms. The van der Waals surface area contributed by atoms with Gasteiger partial charge in [-0.25, -0.2) is 8.42 Å². The van der Waals surface area contributed by atoms with E-state index in [1.165, 1.54) is 0 Å². The van der Waals surface area contributed by atoms with Crippen molar-refractivity contribution in [3.8, 4) is 0 Å². The highest BCUT2D eigenvalue weighted by molar-refractivity contribution is 7.92. The summed E-state index contributed by atoms with van der Waals surface area (Å²) in [6.07, 6.45) is 1.11. The van der Waals surface area contributed by atoms with Crippen molar-refractivity contribution in [1.82, 2.24) is 4.98 Å². The summed E-state index contributed by atoms with van der Waals surface area (Å²) >= 11 is 6.56. The van der Waals surface area contributed by atoms with Gasteiger partial charge >= 0.3 is 0 Å². The topological polar surface area (TPSA) is 79.0 Å². The third kappa shape index (κ3) is 4.71. The number of H-pyrrole nitrogens is 1. The first-order chi connectivity index (χ1) is 13.6. The van der Waals surface area contributed by atoms with Crippen molar-refractivity contribution in [3.63, 3.8) is 0 Å². The number of carbonyl (C=O) groups is 1. The zero-order valence-electron chi connectivity index (χ0n) is 16.7. The molecule has 5 nitrogen and oxygen atoms in total. The van der Waals surface area contributed by atoms with Gasteiger partial charge in [0.2, 0.25) is 15.8 Å². The number of hydrogen-bond acceptors (Lipinski definition) is 3. The summed E-state index contributed by atoms with van der Waals surface area (Å²) in [6.45, 7) is 5.79. The fourth-order valence-corrected chi connectivity index (χ4v) is 4.06. The van der Waals surface area contributed by atoms with Crippen molar-refractivity contribution in [1.29, 1.82) is 0 Å². The highest BCUT2D eigenvalue weighted by atomic mass is 35.5. The predicted molar refractivity (Wildman–Crippen MR) is 118 cm³/mol. The van der Waals surface area contributed by atoms with Gasteiger partial charge in [0.15, 0.2) is 0 Å². The molecule has 1 atom stereocenters. The van der Waals surface area contributed by atoms with E-state index in [2.05, 4.69) is 9.71 Å². The first-order valence-electron chi connectivity index (χ1n) is 9.14. The van der Waals surface area contributed by atoms with Crippen LogP contribution in [0.2, 0.25) is 5.02 Å². The number of aromatic amines is 1. The summed E-state index contributed by atoms with van der Waals surface area (Å²) in [5.41, 5.74) is 5.08. The molecule has 0 saturated carbocycles. The van der Waals surface area contributed by atoms with Crippen LogP contribution >= 0.6 is 11.6 Å². The molecule has 0 bridgehead atoms. The number of carbonyl (C=O) groups excluding carboxylic acids is 1. The van der Waals surface area contributed by atoms with Crippen LogP contribution in [0.1, 0.15) is 51.3 Å². The average molecular weight is 431 g/mol. The molecule has 2 N–H and O–H groups in total. The predicted octanol–water partition coefficient (Wildman–Crippen LogP) is 5.04. The lowest BCUT2D eigenvalue weighted by molar-refractivity contribution is 0.103. The number of rotatable bonds is 6. The Kier molecular flexibility index (Phi) is 5.87. The average Bonchev–Trinajstić information content (AvgIpc) is 2.96. The molecule has 0 fully saturated rings. The molecule has 1 unspecified atom stereocenters. The number of aryl methyl sites for hydroxylation is 1. The maximum atomic E-state index is 12.9. The molecule has 3 aromatic rings. The Labute approximate surface area is 176 Å². The molecule has 0 aliphatic carbocycles. The number of ketones is 1. The van der Waals surface area contributed by atoms with Crippen molar-refractivity contribution < 1.29 is 13.2 Å². The highest BCUT2D eigenvalue weighted by Gasteiger charge is 2.23. The third-order valence-corrected chi connectivity index (χ3v) is 5.98. The van der Waals surface area contributed by atoms with E-state index in [-0.39, 0.29) is 11.7 Å². The van der Waals surface area contributed by atoms with Crippen LogP contribution < -0.4 is 4.72 Å². The van der Waals surface area contributed by atoms with E-state index < -0.39 is 10.0 Å². The maximum Gasteiger partial charge on any atom is 0.229 e. The molecule has 1 heterocycles. The molecule has 0 aliphatic heterocycles. The Morgan fingerprint density at radius 1 is 1.03 bits per heavy atom. The second-order valence-corrected chi connectivity index (χ2v) is 9.39. The van der Waals surface area contributed by atoms with Crippen molar-refractivity contribution in [3.05, 3.63) is 87.2 Å². The Hall–Kier alpha value is -2.57. The van der Waals surface area contributed by atoms with E-state index in [0.29, 0.717) is 22.0 Å². The van der Waals surface area contributed by atoms with Crippen LogP contribution in [0.25, 0.3) is 0 Å². The largest absolute Gasteiger partial charge is 0.354 e. The zero-order chi connectivity index (χ0) is 21.3. The van der Waals surface area contributed by atoms with E-state index >= 15 is 0 Å². The normalized spacial score (nSPS) is 12.6. The number of sulfonamides is 1. The van der Waals surface area contributed by atoms with Gasteiger partial charge in [-0.05, 0) is 37.1 Å². The van der Waals surface area contributed by atoms with E-state index in [9.17, 15) is 13.2 Å². The van der Waals surface area contributed by atoms with Crippen molar-refractivity contribution in [2.75, 3.05) is 11.0 Å². The van der Waals surface area contributed by atoms with Gasteiger partial charge in [-0.3, -0.25) is 9.52 Å². The van der Waals surface area contributed by atoms with Crippen LogP contribution in [-0.4, -0.2) is 25.4 Å². The molecule has 7 heteroatoms. The number of nitrogens with one attached hydrogen (secondary N) is 2. The maximum absolute atomic E-state index is 12.9. The van der Waals surface area contributed by atoms with Crippen molar-refractivity contribution in [2.45, 2.75) is 26.7 Å². The lowest BCUT2D eigenvalue weighted by atomic mass is 9.97. The summed E-state index contributed by atoms with van der Waals surface area (Å²) in [5.74, 6) is -0.205. The van der Waals surface area contributed by atoms with Crippen molar-refractivity contribution in [2.24, 2.45) is 0 Å². The van der Waals surface area contributed by atoms with Gasteiger partial charge in [0, 0.05) is 22.9 Å². The summed E-state index contributed by atoms with van der Waals surface area (Å²) < 4.78 is 25.2. The molecule has 0 aliphatic rings. The van der Waals surface area contributed by atoms with Crippen LogP contribution in [-0.2, 0) is 10.0 Å². The number of hydrogen-bond donors (Lipinski definition) is 2. The summed E-state index contributed by atoms with van der Waals surface area (Å²) in [4.78, 5) is 16.1. The number of aromatic nitrogens is 1. The van der Waals surface area contributed by atoms with Gasteiger partial charge in [-0.15, -0.1) is 0 Å². The second kappa shape index (κ2) is 8.05. The van der Waals surface area contributed by atoms with Gasteiger partial charge < -0.3 is 4.98 Å². The SMILES string of the molecule is Cc1ccc(C(=O)c2[nH]c(C(C)c3ccc(NS(C)(=O)=O)cc3)c(Cl)c2C)cc1. The quantitative estimate of drug-likeness (QED) is 0.537. The molecule has 152 valence electrons. The second-order valence-electron chi connectivity index (χ2n) is 7.27. The molecular formula is C22H23ClN2O3S. The van der Waals surface area contributed by atoms with E-state index in [0.717, 1.165) is 28.6 Å². The van der Waals surface area contributed by atoms with Gasteiger partial charge in [-0.1, -0.05) is 60.5 Å². The molecule has 0 radical (unpaired) electrons. The Morgan fingerprint density at radius 3 is 2.17 bits per heavy atom. The Balaban J connectivity index is 1.90. The summed E-state index contributed by atoms with van der Waals surface area (Å²) in [5, 5.41) is 0.534. The highest BCUT2D eigenvalue weighted by Crippen LogP contribution is 2.34. The monoisotopic (exact) mass is 430 g/mol. The van der Waals surface area contributed by atoms with Crippen LogP contribution in [0.5, 0.6) is 0 Å². The zero-order valence-corrected chi connectivity index (χ0v) is 18.3. The fraction of sp³-hybridized carbons (Fsp3) is 0.227. The van der Waals surface area contributed by atoms with Crippen LogP contribution in [0.15, 0.2) is 48.5 Å². The van der Waals surface area contributed by atoms with E-state index in [4.69, 9.17) is 11.6 Å². The van der Waals surface area contributed by atoms with Crippen LogP contribution in [0.4, 0.5) is 5.69 Å². The fourth-order valence-electron chi connectivity index (χ4n) is 3.19. The molecule has 3 rings (SSSR count).